The number of nitrogens with one attached hydrogen (secondary N) is 3. The van der Waals surface area contributed by atoms with Gasteiger partial charge in [0.25, 0.3) is 5.91 Å². The number of ether oxygens (including phenoxy) is 1. The quantitative estimate of drug-likeness (QED) is 0.323. The van der Waals surface area contributed by atoms with Crippen LogP contribution in [0.15, 0.2) is 29.6 Å². The predicted molar refractivity (Wildman–Crippen MR) is 98.3 cm³/mol. The SMILES string of the molecule is COc1cccc(/C=N\NC(=O)Cc2nnc(NC(=O)c3ncn[nH]3)s2)c1O. The minimum Gasteiger partial charge on any atom is -0.504 e. The second-order valence-corrected chi connectivity index (χ2v) is 6.22. The molecule has 144 valence electrons. The third-order valence-corrected chi connectivity index (χ3v) is 4.11. The average Bonchev–Trinajstić information content (AvgIpc) is 3.35. The molecule has 0 unspecified atom stereocenters. The van der Waals surface area contributed by atoms with Crippen LogP contribution >= 0.6 is 11.3 Å². The van der Waals surface area contributed by atoms with Crippen molar-refractivity contribution in [3.8, 4) is 11.5 Å². The molecule has 0 saturated heterocycles. The van der Waals surface area contributed by atoms with Gasteiger partial charge in [-0.15, -0.1) is 10.2 Å². The molecule has 0 aliphatic carbocycles. The van der Waals surface area contributed by atoms with Crippen molar-refractivity contribution in [1.29, 1.82) is 0 Å². The highest BCUT2D eigenvalue weighted by Gasteiger charge is 2.14. The first kappa shape index (κ1) is 18.9. The molecule has 3 rings (SSSR count). The van der Waals surface area contributed by atoms with Gasteiger partial charge in [0.1, 0.15) is 11.3 Å². The van der Waals surface area contributed by atoms with Gasteiger partial charge in [0.15, 0.2) is 11.5 Å². The number of amides is 2. The van der Waals surface area contributed by atoms with Crippen LogP contribution in [0.2, 0.25) is 0 Å². The third-order valence-electron chi connectivity index (χ3n) is 3.27. The molecule has 0 saturated carbocycles. The summed E-state index contributed by atoms with van der Waals surface area (Å²) in [6.07, 6.45) is 2.41. The van der Waals surface area contributed by atoms with Crippen molar-refractivity contribution in [2.24, 2.45) is 5.10 Å². The van der Waals surface area contributed by atoms with Crippen LogP contribution in [-0.4, -0.2) is 55.6 Å². The first-order valence-electron chi connectivity index (χ1n) is 7.73. The van der Waals surface area contributed by atoms with Crippen LogP contribution < -0.4 is 15.5 Å². The minimum absolute atomic E-state index is 0.0321. The number of anilines is 1. The van der Waals surface area contributed by atoms with Crippen LogP contribution in [0.5, 0.6) is 11.5 Å². The summed E-state index contributed by atoms with van der Waals surface area (Å²) in [6, 6.07) is 4.89. The zero-order valence-corrected chi connectivity index (χ0v) is 15.2. The normalized spacial score (nSPS) is 10.8. The Morgan fingerprint density at radius 2 is 2.25 bits per heavy atom. The number of carbonyl (C=O) groups is 2. The van der Waals surface area contributed by atoms with Gasteiger partial charge in [-0.05, 0) is 12.1 Å². The van der Waals surface area contributed by atoms with Crippen LogP contribution in [0, 0.1) is 0 Å². The summed E-state index contributed by atoms with van der Waals surface area (Å²) in [5.41, 5.74) is 2.71. The number of hydrazone groups is 1. The Kier molecular flexibility index (Phi) is 5.86. The number of benzene rings is 1. The highest BCUT2D eigenvalue weighted by atomic mass is 32.1. The molecule has 0 radical (unpaired) electrons. The van der Waals surface area contributed by atoms with Gasteiger partial charge in [-0.3, -0.25) is 20.0 Å². The van der Waals surface area contributed by atoms with E-state index in [-0.39, 0.29) is 23.1 Å². The summed E-state index contributed by atoms with van der Waals surface area (Å²) in [7, 11) is 1.43. The molecule has 12 nitrogen and oxygen atoms in total. The van der Waals surface area contributed by atoms with Crippen molar-refractivity contribution in [2.75, 3.05) is 12.4 Å². The van der Waals surface area contributed by atoms with Gasteiger partial charge in [-0.1, -0.05) is 17.4 Å². The largest absolute Gasteiger partial charge is 0.504 e. The third kappa shape index (κ3) is 4.64. The van der Waals surface area contributed by atoms with E-state index in [9.17, 15) is 14.7 Å². The molecule has 0 aliphatic heterocycles. The topological polar surface area (TPSA) is 167 Å². The average molecular weight is 402 g/mol. The summed E-state index contributed by atoms with van der Waals surface area (Å²) in [4.78, 5) is 27.5. The molecule has 2 aromatic heterocycles. The Morgan fingerprint density at radius 3 is 3.00 bits per heavy atom. The van der Waals surface area contributed by atoms with Crippen molar-refractivity contribution < 1.29 is 19.4 Å². The van der Waals surface area contributed by atoms with Gasteiger partial charge in [0.2, 0.25) is 16.9 Å². The summed E-state index contributed by atoms with van der Waals surface area (Å²) in [5, 5.41) is 30.4. The Hall–Kier alpha value is -3.87. The van der Waals surface area contributed by atoms with Gasteiger partial charge in [0, 0.05) is 5.56 Å². The van der Waals surface area contributed by atoms with E-state index in [1.807, 2.05) is 0 Å². The number of para-hydroxylation sites is 1. The Morgan fingerprint density at radius 1 is 1.39 bits per heavy atom. The number of hydrogen-bond donors (Lipinski definition) is 4. The van der Waals surface area contributed by atoms with Crippen LogP contribution in [0.3, 0.4) is 0 Å². The number of nitrogens with zero attached hydrogens (tertiary/aromatic N) is 5. The molecule has 0 aliphatic rings. The van der Waals surface area contributed by atoms with E-state index in [1.54, 1.807) is 18.2 Å². The molecule has 2 heterocycles. The fourth-order valence-corrected chi connectivity index (χ4v) is 2.74. The number of aromatic amines is 1. The van der Waals surface area contributed by atoms with E-state index < -0.39 is 11.8 Å². The highest BCUT2D eigenvalue weighted by Crippen LogP contribution is 2.27. The molecular weight excluding hydrogens is 388 g/mol. The molecule has 13 heteroatoms. The van der Waals surface area contributed by atoms with Crippen molar-refractivity contribution in [3.05, 3.63) is 40.9 Å². The Bertz CT molecular complexity index is 1000. The number of aromatic nitrogens is 5. The lowest BCUT2D eigenvalue weighted by Crippen LogP contribution is -2.19. The number of rotatable bonds is 7. The Labute approximate surface area is 161 Å². The number of methoxy groups -OCH3 is 1. The molecule has 3 aromatic rings. The van der Waals surface area contributed by atoms with Gasteiger partial charge in [-0.25, -0.2) is 10.4 Å². The maximum Gasteiger partial charge on any atom is 0.294 e. The molecule has 4 N–H and O–H groups in total. The maximum atomic E-state index is 11.9. The van der Waals surface area contributed by atoms with Gasteiger partial charge < -0.3 is 9.84 Å². The van der Waals surface area contributed by atoms with Crippen LogP contribution in [0.1, 0.15) is 21.2 Å². The summed E-state index contributed by atoms with van der Waals surface area (Å²) >= 11 is 1.04. The van der Waals surface area contributed by atoms with Crippen LogP contribution in [0.25, 0.3) is 0 Å². The molecule has 0 fully saturated rings. The predicted octanol–water partition coefficient (Wildman–Crippen LogP) is 0.315. The summed E-state index contributed by atoms with van der Waals surface area (Å²) < 4.78 is 4.99. The van der Waals surface area contributed by atoms with Crippen LogP contribution in [0.4, 0.5) is 5.13 Å². The lowest BCUT2D eigenvalue weighted by Gasteiger charge is -2.04. The zero-order valence-electron chi connectivity index (χ0n) is 14.4. The number of aromatic hydroxyl groups is 1. The molecule has 0 atom stereocenters. The van der Waals surface area contributed by atoms with Gasteiger partial charge in [-0.2, -0.15) is 10.2 Å². The number of H-pyrrole nitrogens is 1. The molecule has 1 aromatic carbocycles. The summed E-state index contributed by atoms with van der Waals surface area (Å²) in [6.45, 7) is 0. The van der Waals surface area contributed by atoms with E-state index in [2.05, 4.69) is 41.2 Å². The van der Waals surface area contributed by atoms with Crippen molar-refractivity contribution >= 4 is 34.5 Å². The van der Waals surface area contributed by atoms with E-state index in [0.29, 0.717) is 16.3 Å². The molecule has 28 heavy (non-hydrogen) atoms. The first-order valence-corrected chi connectivity index (χ1v) is 8.55. The second-order valence-electron chi connectivity index (χ2n) is 5.16. The molecule has 2 amide bonds. The second kappa shape index (κ2) is 8.68. The van der Waals surface area contributed by atoms with Crippen molar-refractivity contribution in [1.82, 2.24) is 30.8 Å². The standard InChI is InChI=1S/C15H14N8O4S/c1-27-9-4-2-3-8(12(9)25)6-17-20-10(24)5-11-21-23-15(28-11)19-14(26)13-16-7-18-22-13/h2-4,6-7,25H,5H2,1H3,(H,20,24)(H,16,18,22)(H,19,23,26)/b17-6-. The lowest BCUT2D eigenvalue weighted by molar-refractivity contribution is -0.120. The molecule has 0 spiro atoms. The zero-order chi connectivity index (χ0) is 19.9. The lowest BCUT2D eigenvalue weighted by atomic mass is 10.2. The molecular formula is C15H14N8O4S. The number of phenols is 1. The maximum absolute atomic E-state index is 11.9. The van der Waals surface area contributed by atoms with Crippen molar-refractivity contribution in [2.45, 2.75) is 6.42 Å². The van der Waals surface area contributed by atoms with Gasteiger partial charge >= 0.3 is 0 Å². The fraction of sp³-hybridized carbons (Fsp3) is 0.133. The van der Waals surface area contributed by atoms with Crippen LogP contribution in [-0.2, 0) is 11.2 Å². The monoisotopic (exact) mass is 402 g/mol. The first-order chi connectivity index (χ1) is 13.6. The van der Waals surface area contributed by atoms with E-state index in [1.165, 1.54) is 19.7 Å². The number of carbonyl (C=O) groups excluding carboxylic acids is 2. The fourth-order valence-electron chi connectivity index (χ4n) is 2.01. The minimum atomic E-state index is -0.521. The highest BCUT2D eigenvalue weighted by molar-refractivity contribution is 7.15. The Balaban J connectivity index is 1.53. The molecule has 0 bridgehead atoms. The van der Waals surface area contributed by atoms with Gasteiger partial charge in [0.05, 0.1) is 19.7 Å². The van der Waals surface area contributed by atoms with E-state index in [0.717, 1.165) is 11.3 Å². The number of phenolic OH excluding ortho intramolecular Hbond substituents is 1. The van der Waals surface area contributed by atoms with E-state index in [4.69, 9.17) is 4.74 Å². The number of hydrogen-bond acceptors (Lipinski definition) is 10. The van der Waals surface area contributed by atoms with E-state index >= 15 is 0 Å². The summed E-state index contributed by atoms with van der Waals surface area (Å²) in [5.74, 6) is -0.719. The van der Waals surface area contributed by atoms with Crippen molar-refractivity contribution in [3.63, 3.8) is 0 Å². The smallest absolute Gasteiger partial charge is 0.294 e.